The van der Waals surface area contributed by atoms with Gasteiger partial charge in [0.25, 0.3) is 0 Å². The minimum atomic E-state index is 0.0250. The van der Waals surface area contributed by atoms with Gasteiger partial charge in [0.2, 0.25) is 0 Å². The maximum Gasteiger partial charge on any atom is 0.0722 e. The molecule has 4 heteroatoms. The molecule has 1 atom stereocenters. The van der Waals surface area contributed by atoms with Crippen molar-refractivity contribution in [1.29, 1.82) is 0 Å². The van der Waals surface area contributed by atoms with Crippen LogP contribution in [0.25, 0.3) is 10.9 Å². The van der Waals surface area contributed by atoms with Crippen molar-refractivity contribution < 1.29 is 0 Å². The SMILES string of the molecule is Cc1ccc(C(N)Cc2nn(C)c3ccccc23)s1. The Morgan fingerprint density at radius 3 is 2.79 bits per heavy atom. The molecule has 0 radical (unpaired) electrons. The van der Waals surface area contributed by atoms with Gasteiger partial charge in [0.1, 0.15) is 0 Å². The molecule has 98 valence electrons. The van der Waals surface area contributed by atoms with Gasteiger partial charge in [-0.25, -0.2) is 0 Å². The third-order valence-corrected chi connectivity index (χ3v) is 4.51. The van der Waals surface area contributed by atoms with Crippen molar-refractivity contribution in [3.05, 3.63) is 51.8 Å². The zero-order valence-electron chi connectivity index (χ0n) is 11.1. The predicted octanol–water partition coefficient (Wildman–Crippen LogP) is 3.19. The molecule has 3 nitrogen and oxygen atoms in total. The first-order chi connectivity index (χ1) is 9.15. The number of aromatic nitrogens is 2. The molecule has 0 aliphatic rings. The molecule has 3 aromatic rings. The van der Waals surface area contributed by atoms with Crippen molar-refractivity contribution >= 4 is 22.2 Å². The van der Waals surface area contributed by atoms with Crippen LogP contribution in [0.2, 0.25) is 0 Å². The van der Waals surface area contributed by atoms with Gasteiger partial charge >= 0.3 is 0 Å². The number of nitrogens with zero attached hydrogens (tertiary/aromatic N) is 2. The number of nitrogens with two attached hydrogens (primary N) is 1. The van der Waals surface area contributed by atoms with Crippen LogP contribution in [0.15, 0.2) is 36.4 Å². The Morgan fingerprint density at radius 2 is 2.05 bits per heavy atom. The first-order valence-corrected chi connectivity index (χ1v) is 7.19. The van der Waals surface area contributed by atoms with E-state index in [4.69, 9.17) is 5.73 Å². The first kappa shape index (κ1) is 12.4. The van der Waals surface area contributed by atoms with Crippen LogP contribution in [-0.2, 0) is 13.5 Å². The highest BCUT2D eigenvalue weighted by Crippen LogP contribution is 2.26. The van der Waals surface area contributed by atoms with E-state index in [1.807, 2.05) is 23.9 Å². The molecule has 0 spiro atoms. The van der Waals surface area contributed by atoms with Gasteiger partial charge in [0.05, 0.1) is 11.2 Å². The van der Waals surface area contributed by atoms with Crippen LogP contribution in [0.5, 0.6) is 0 Å². The Kier molecular flexibility index (Phi) is 3.12. The lowest BCUT2D eigenvalue weighted by molar-refractivity contribution is 0.691. The molecule has 0 amide bonds. The standard InChI is InChI=1S/C15H17N3S/c1-10-7-8-15(19-10)12(16)9-13-11-5-3-4-6-14(11)18(2)17-13/h3-8,12H,9,16H2,1-2H3. The molecular weight excluding hydrogens is 254 g/mol. The number of hydrogen-bond acceptors (Lipinski definition) is 3. The summed E-state index contributed by atoms with van der Waals surface area (Å²) in [5.74, 6) is 0. The lowest BCUT2D eigenvalue weighted by atomic mass is 10.1. The summed E-state index contributed by atoms with van der Waals surface area (Å²) in [7, 11) is 1.98. The third-order valence-electron chi connectivity index (χ3n) is 3.37. The Hall–Kier alpha value is -1.65. The molecule has 19 heavy (non-hydrogen) atoms. The van der Waals surface area contributed by atoms with Crippen LogP contribution in [0.3, 0.4) is 0 Å². The third kappa shape index (κ3) is 2.29. The highest BCUT2D eigenvalue weighted by molar-refractivity contribution is 7.12. The number of aryl methyl sites for hydroxylation is 2. The van der Waals surface area contributed by atoms with E-state index in [-0.39, 0.29) is 6.04 Å². The maximum absolute atomic E-state index is 6.30. The summed E-state index contributed by atoms with van der Waals surface area (Å²) in [5, 5.41) is 5.81. The van der Waals surface area contributed by atoms with Crippen molar-refractivity contribution in [2.75, 3.05) is 0 Å². The Labute approximate surface area is 116 Å². The summed E-state index contributed by atoms with van der Waals surface area (Å²) >= 11 is 1.77. The van der Waals surface area contributed by atoms with E-state index in [0.717, 1.165) is 17.6 Å². The number of thiophene rings is 1. The quantitative estimate of drug-likeness (QED) is 0.795. The molecule has 2 heterocycles. The largest absolute Gasteiger partial charge is 0.323 e. The van der Waals surface area contributed by atoms with Gasteiger partial charge < -0.3 is 5.73 Å². The first-order valence-electron chi connectivity index (χ1n) is 6.37. The fourth-order valence-corrected chi connectivity index (χ4v) is 3.28. The molecule has 0 aliphatic carbocycles. The molecule has 0 fully saturated rings. The summed E-state index contributed by atoms with van der Waals surface area (Å²) in [6.45, 7) is 2.11. The van der Waals surface area contributed by atoms with E-state index in [1.54, 1.807) is 11.3 Å². The topological polar surface area (TPSA) is 43.8 Å². The molecule has 0 bridgehead atoms. The number of para-hydroxylation sites is 1. The van der Waals surface area contributed by atoms with Gasteiger partial charge in [-0.05, 0) is 25.1 Å². The molecule has 3 rings (SSSR count). The average molecular weight is 271 g/mol. The molecule has 2 aromatic heterocycles. The van der Waals surface area contributed by atoms with Crippen LogP contribution < -0.4 is 5.73 Å². The van der Waals surface area contributed by atoms with Crippen LogP contribution in [0.4, 0.5) is 0 Å². The zero-order chi connectivity index (χ0) is 13.4. The minimum Gasteiger partial charge on any atom is -0.323 e. The van der Waals surface area contributed by atoms with Gasteiger partial charge in [0, 0.05) is 34.7 Å². The van der Waals surface area contributed by atoms with Gasteiger partial charge in [-0.3, -0.25) is 4.68 Å². The monoisotopic (exact) mass is 271 g/mol. The van der Waals surface area contributed by atoms with E-state index in [9.17, 15) is 0 Å². The summed E-state index contributed by atoms with van der Waals surface area (Å²) in [5.41, 5.74) is 8.54. The summed E-state index contributed by atoms with van der Waals surface area (Å²) in [4.78, 5) is 2.53. The number of hydrogen-bond donors (Lipinski definition) is 1. The highest BCUT2D eigenvalue weighted by atomic mass is 32.1. The van der Waals surface area contributed by atoms with Crippen molar-refractivity contribution in [3.8, 4) is 0 Å². The van der Waals surface area contributed by atoms with Gasteiger partial charge in [-0.2, -0.15) is 5.10 Å². The minimum absolute atomic E-state index is 0.0250. The molecule has 0 aliphatic heterocycles. The maximum atomic E-state index is 6.30. The Morgan fingerprint density at radius 1 is 1.26 bits per heavy atom. The second kappa shape index (κ2) is 4.79. The molecular formula is C15H17N3S. The van der Waals surface area contributed by atoms with E-state index >= 15 is 0 Å². The highest BCUT2D eigenvalue weighted by Gasteiger charge is 2.14. The molecule has 0 saturated heterocycles. The van der Waals surface area contributed by atoms with Crippen molar-refractivity contribution in [3.63, 3.8) is 0 Å². The zero-order valence-corrected chi connectivity index (χ0v) is 11.9. The van der Waals surface area contributed by atoms with E-state index < -0.39 is 0 Å². The van der Waals surface area contributed by atoms with Crippen LogP contribution >= 0.6 is 11.3 Å². The van der Waals surface area contributed by atoms with E-state index in [0.29, 0.717) is 0 Å². The Bertz CT molecular complexity index is 711. The number of rotatable bonds is 3. The fraction of sp³-hybridized carbons (Fsp3) is 0.267. The van der Waals surface area contributed by atoms with Gasteiger partial charge in [-0.15, -0.1) is 11.3 Å². The molecule has 1 unspecified atom stereocenters. The number of benzene rings is 1. The van der Waals surface area contributed by atoms with Gasteiger partial charge in [-0.1, -0.05) is 18.2 Å². The second-order valence-corrected chi connectivity index (χ2v) is 6.17. The van der Waals surface area contributed by atoms with Crippen LogP contribution in [-0.4, -0.2) is 9.78 Å². The summed E-state index contributed by atoms with van der Waals surface area (Å²) in [6, 6.07) is 12.6. The Balaban J connectivity index is 1.93. The normalized spacial score (nSPS) is 13.0. The smallest absolute Gasteiger partial charge is 0.0722 e. The van der Waals surface area contributed by atoms with Crippen molar-refractivity contribution in [2.24, 2.45) is 12.8 Å². The van der Waals surface area contributed by atoms with E-state index in [2.05, 4.69) is 36.3 Å². The number of fused-ring (bicyclic) bond motifs is 1. The second-order valence-electron chi connectivity index (χ2n) is 4.85. The molecule has 0 saturated carbocycles. The van der Waals surface area contributed by atoms with E-state index in [1.165, 1.54) is 15.1 Å². The van der Waals surface area contributed by atoms with Crippen molar-refractivity contribution in [2.45, 2.75) is 19.4 Å². The fourth-order valence-electron chi connectivity index (χ4n) is 2.40. The molecule has 1 aromatic carbocycles. The lowest BCUT2D eigenvalue weighted by Crippen LogP contribution is -2.12. The predicted molar refractivity (Wildman–Crippen MR) is 80.4 cm³/mol. The lowest BCUT2D eigenvalue weighted by Gasteiger charge is -2.07. The summed E-state index contributed by atoms with van der Waals surface area (Å²) in [6.07, 6.45) is 0.779. The average Bonchev–Trinajstić information content (AvgIpc) is 2.96. The summed E-state index contributed by atoms with van der Waals surface area (Å²) < 4.78 is 1.93. The molecule has 2 N–H and O–H groups in total. The van der Waals surface area contributed by atoms with Crippen molar-refractivity contribution in [1.82, 2.24) is 9.78 Å². The van der Waals surface area contributed by atoms with Crippen LogP contribution in [0, 0.1) is 6.92 Å². The van der Waals surface area contributed by atoms with Crippen LogP contribution in [0.1, 0.15) is 21.5 Å². The van der Waals surface area contributed by atoms with Gasteiger partial charge in [0.15, 0.2) is 0 Å².